The molecular formula is C19H24N4O4. The number of hydrogen-bond acceptors (Lipinski definition) is 5. The van der Waals surface area contributed by atoms with Crippen molar-refractivity contribution in [3.05, 3.63) is 47.2 Å². The van der Waals surface area contributed by atoms with E-state index in [1.54, 1.807) is 13.1 Å². The molecule has 1 atom stereocenters. The lowest BCUT2D eigenvalue weighted by molar-refractivity contribution is -0.148. The molecule has 144 valence electrons. The molecule has 0 saturated carbocycles. The Morgan fingerprint density at radius 1 is 1.19 bits per heavy atom. The molecule has 0 spiro atoms. The molecule has 1 aromatic carbocycles. The SMILES string of the molecule is CC(=O)NC(CC(=O)OCC(=O)Nc1cc(C)nn1C)c1ccc(C)cc1. The van der Waals surface area contributed by atoms with Gasteiger partial charge in [0.1, 0.15) is 5.82 Å². The van der Waals surface area contributed by atoms with E-state index in [2.05, 4.69) is 15.7 Å². The third-order valence-corrected chi connectivity index (χ3v) is 3.86. The number of aromatic nitrogens is 2. The predicted octanol–water partition coefficient (Wildman–Crippen LogP) is 1.79. The standard InChI is InChI=1S/C19H24N4O4/c1-12-5-7-15(8-6-12)16(20-14(3)24)10-19(26)27-11-18(25)21-17-9-13(2)22-23(17)4/h5-9,16H,10-11H2,1-4H3,(H,20,24)(H,21,25). The van der Waals surface area contributed by atoms with E-state index in [9.17, 15) is 14.4 Å². The number of aryl methyl sites for hydroxylation is 3. The van der Waals surface area contributed by atoms with Gasteiger partial charge in [0.15, 0.2) is 6.61 Å². The van der Waals surface area contributed by atoms with E-state index >= 15 is 0 Å². The van der Waals surface area contributed by atoms with Crippen LogP contribution in [0.3, 0.4) is 0 Å². The first-order valence-electron chi connectivity index (χ1n) is 8.54. The topological polar surface area (TPSA) is 102 Å². The van der Waals surface area contributed by atoms with Crippen molar-refractivity contribution >= 4 is 23.6 Å². The van der Waals surface area contributed by atoms with Gasteiger partial charge in [-0.2, -0.15) is 5.10 Å². The Hall–Kier alpha value is -3.16. The molecular weight excluding hydrogens is 348 g/mol. The highest BCUT2D eigenvalue weighted by molar-refractivity contribution is 5.92. The van der Waals surface area contributed by atoms with Crippen LogP contribution in [0.15, 0.2) is 30.3 Å². The predicted molar refractivity (Wildman–Crippen MR) is 99.9 cm³/mol. The average Bonchev–Trinajstić information content (AvgIpc) is 2.90. The number of esters is 1. The van der Waals surface area contributed by atoms with E-state index in [4.69, 9.17) is 4.74 Å². The maximum absolute atomic E-state index is 12.1. The van der Waals surface area contributed by atoms with E-state index in [1.165, 1.54) is 11.6 Å². The van der Waals surface area contributed by atoms with Crippen molar-refractivity contribution < 1.29 is 19.1 Å². The minimum Gasteiger partial charge on any atom is -0.455 e. The lowest BCUT2D eigenvalue weighted by Crippen LogP contribution is -2.29. The molecule has 0 saturated heterocycles. The third kappa shape index (κ3) is 6.25. The number of amides is 2. The van der Waals surface area contributed by atoms with Gasteiger partial charge in [0.2, 0.25) is 5.91 Å². The molecule has 1 unspecified atom stereocenters. The van der Waals surface area contributed by atoms with Crippen LogP contribution in [0.2, 0.25) is 0 Å². The highest BCUT2D eigenvalue weighted by Crippen LogP contribution is 2.18. The largest absolute Gasteiger partial charge is 0.455 e. The highest BCUT2D eigenvalue weighted by Gasteiger charge is 2.19. The molecule has 0 aliphatic heterocycles. The van der Waals surface area contributed by atoms with E-state index < -0.39 is 24.5 Å². The van der Waals surface area contributed by atoms with Crippen molar-refractivity contribution in [2.24, 2.45) is 7.05 Å². The van der Waals surface area contributed by atoms with Gasteiger partial charge in [0.05, 0.1) is 18.2 Å². The van der Waals surface area contributed by atoms with Crippen LogP contribution in [0.5, 0.6) is 0 Å². The molecule has 8 heteroatoms. The zero-order valence-corrected chi connectivity index (χ0v) is 15.9. The fourth-order valence-electron chi connectivity index (χ4n) is 2.57. The average molecular weight is 372 g/mol. The van der Waals surface area contributed by atoms with Gasteiger partial charge in [-0.3, -0.25) is 19.1 Å². The number of rotatable bonds is 7. The monoisotopic (exact) mass is 372 g/mol. The summed E-state index contributed by atoms with van der Waals surface area (Å²) in [4.78, 5) is 35.5. The Labute approximate surface area is 157 Å². The van der Waals surface area contributed by atoms with Crippen molar-refractivity contribution in [2.45, 2.75) is 33.2 Å². The first kappa shape index (κ1) is 20.2. The second-order valence-electron chi connectivity index (χ2n) is 6.37. The summed E-state index contributed by atoms with van der Waals surface area (Å²) in [7, 11) is 1.70. The van der Waals surface area contributed by atoms with Gasteiger partial charge < -0.3 is 15.4 Å². The molecule has 27 heavy (non-hydrogen) atoms. The molecule has 0 aliphatic rings. The molecule has 0 fully saturated rings. The fourth-order valence-corrected chi connectivity index (χ4v) is 2.57. The Bertz CT molecular complexity index is 827. The Morgan fingerprint density at radius 2 is 1.85 bits per heavy atom. The molecule has 2 aromatic rings. The summed E-state index contributed by atoms with van der Waals surface area (Å²) >= 11 is 0. The van der Waals surface area contributed by atoms with Gasteiger partial charge in [0, 0.05) is 20.0 Å². The number of nitrogens with one attached hydrogen (secondary N) is 2. The zero-order chi connectivity index (χ0) is 20.0. The molecule has 0 aliphatic carbocycles. The van der Waals surface area contributed by atoms with Crippen LogP contribution in [0.4, 0.5) is 5.82 Å². The Kier molecular flexibility index (Phi) is 6.70. The quantitative estimate of drug-likeness (QED) is 0.722. The van der Waals surface area contributed by atoms with Crippen LogP contribution in [0.1, 0.15) is 36.2 Å². The van der Waals surface area contributed by atoms with Crippen LogP contribution >= 0.6 is 0 Å². The fraction of sp³-hybridized carbons (Fsp3) is 0.368. The molecule has 2 N–H and O–H groups in total. The minimum absolute atomic E-state index is 0.0687. The summed E-state index contributed by atoms with van der Waals surface area (Å²) in [5.41, 5.74) is 2.63. The second-order valence-corrected chi connectivity index (χ2v) is 6.37. The van der Waals surface area contributed by atoms with Crippen LogP contribution in [-0.4, -0.2) is 34.2 Å². The number of carbonyl (C=O) groups excluding carboxylic acids is 3. The number of anilines is 1. The minimum atomic E-state index is -0.578. The van der Waals surface area contributed by atoms with E-state index in [1.807, 2.05) is 38.1 Å². The Balaban J connectivity index is 1.91. The molecule has 0 radical (unpaired) electrons. The number of benzene rings is 1. The van der Waals surface area contributed by atoms with E-state index in [-0.39, 0.29) is 12.3 Å². The molecule has 2 amide bonds. The lowest BCUT2D eigenvalue weighted by atomic mass is 10.0. The number of ether oxygens (including phenoxy) is 1. The van der Waals surface area contributed by atoms with Crippen LogP contribution in [-0.2, 0) is 26.2 Å². The number of hydrogen-bond donors (Lipinski definition) is 2. The van der Waals surface area contributed by atoms with E-state index in [0.717, 1.165) is 16.8 Å². The molecule has 1 heterocycles. The summed E-state index contributed by atoms with van der Waals surface area (Å²) in [5.74, 6) is -0.773. The van der Waals surface area contributed by atoms with Crippen LogP contribution < -0.4 is 10.6 Å². The second kappa shape index (κ2) is 8.98. The summed E-state index contributed by atoms with van der Waals surface area (Å²) in [6.45, 7) is 4.73. The van der Waals surface area contributed by atoms with Crippen LogP contribution in [0, 0.1) is 13.8 Å². The van der Waals surface area contributed by atoms with Gasteiger partial charge in [-0.05, 0) is 19.4 Å². The first-order valence-corrected chi connectivity index (χ1v) is 8.54. The molecule has 1 aromatic heterocycles. The van der Waals surface area contributed by atoms with Crippen molar-refractivity contribution in [1.82, 2.24) is 15.1 Å². The van der Waals surface area contributed by atoms with Crippen molar-refractivity contribution in [3.63, 3.8) is 0 Å². The maximum atomic E-state index is 12.1. The van der Waals surface area contributed by atoms with Crippen molar-refractivity contribution in [1.29, 1.82) is 0 Å². The number of nitrogens with zero attached hydrogens (tertiary/aromatic N) is 2. The summed E-state index contributed by atoms with van der Waals surface area (Å²) in [6.07, 6.45) is -0.0687. The Morgan fingerprint density at radius 3 is 2.41 bits per heavy atom. The maximum Gasteiger partial charge on any atom is 0.308 e. The van der Waals surface area contributed by atoms with E-state index in [0.29, 0.717) is 5.82 Å². The summed E-state index contributed by atoms with van der Waals surface area (Å²) in [5, 5.41) is 9.48. The van der Waals surface area contributed by atoms with Gasteiger partial charge >= 0.3 is 5.97 Å². The van der Waals surface area contributed by atoms with Gasteiger partial charge in [-0.15, -0.1) is 0 Å². The lowest BCUT2D eigenvalue weighted by Gasteiger charge is -2.18. The smallest absolute Gasteiger partial charge is 0.308 e. The molecule has 2 rings (SSSR count). The van der Waals surface area contributed by atoms with Gasteiger partial charge in [0.25, 0.3) is 5.91 Å². The van der Waals surface area contributed by atoms with Crippen LogP contribution in [0.25, 0.3) is 0 Å². The van der Waals surface area contributed by atoms with Gasteiger partial charge in [-0.1, -0.05) is 29.8 Å². The number of carbonyl (C=O) groups is 3. The summed E-state index contributed by atoms with van der Waals surface area (Å²) in [6, 6.07) is 8.70. The van der Waals surface area contributed by atoms with Crippen molar-refractivity contribution in [3.8, 4) is 0 Å². The van der Waals surface area contributed by atoms with Gasteiger partial charge in [-0.25, -0.2) is 0 Å². The third-order valence-electron chi connectivity index (χ3n) is 3.86. The highest BCUT2D eigenvalue weighted by atomic mass is 16.5. The zero-order valence-electron chi connectivity index (χ0n) is 15.9. The van der Waals surface area contributed by atoms with Crippen molar-refractivity contribution in [2.75, 3.05) is 11.9 Å². The normalized spacial score (nSPS) is 11.6. The first-order chi connectivity index (χ1) is 12.7. The molecule has 8 nitrogen and oxygen atoms in total. The summed E-state index contributed by atoms with van der Waals surface area (Å²) < 4.78 is 6.58. The molecule has 0 bridgehead atoms.